The monoisotopic (exact) mass is 433 g/mol. The van der Waals surface area contributed by atoms with Crippen molar-refractivity contribution in [3.8, 4) is 11.5 Å². The smallest absolute Gasteiger partial charge is 0.291 e. The minimum absolute atomic E-state index is 0.128. The van der Waals surface area contributed by atoms with Crippen LogP contribution in [0.15, 0.2) is 59.2 Å². The molecule has 5 rings (SSSR count). The van der Waals surface area contributed by atoms with Gasteiger partial charge in [0.15, 0.2) is 5.76 Å². The SMILES string of the molecule is COc1ccc(OC)c2c1[C@H](c1cccc(NC(=O)c3ccco3)c1)O[C@@H]1CCCC[C@H]21. The van der Waals surface area contributed by atoms with Gasteiger partial charge in [-0.15, -0.1) is 0 Å². The van der Waals surface area contributed by atoms with E-state index in [4.69, 9.17) is 18.6 Å². The number of rotatable bonds is 5. The Morgan fingerprint density at radius 3 is 2.50 bits per heavy atom. The standard InChI is InChI=1S/C26H27NO5/c1-29-20-12-13-21(30-2)24-23(20)18-9-3-4-10-19(18)32-25(24)16-7-5-8-17(15-16)27-26(28)22-11-6-14-31-22/h5-8,11-15,18-19,25H,3-4,9-10H2,1-2H3,(H,27,28)/t18-,19+,25-/m0/s1. The number of carbonyl (C=O) groups excluding carboxylic acids is 1. The molecule has 1 aliphatic heterocycles. The van der Waals surface area contributed by atoms with Gasteiger partial charge in [0.2, 0.25) is 0 Å². The van der Waals surface area contributed by atoms with Gasteiger partial charge < -0.3 is 23.9 Å². The van der Waals surface area contributed by atoms with Crippen molar-refractivity contribution < 1.29 is 23.4 Å². The highest BCUT2D eigenvalue weighted by Crippen LogP contribution is 2.52. The van der Waals surface area contributed by atoms with E-state index < -0.39 is 0 Å². The number of furan rings is 1. The predicted molar refractivity (Wildman–Crippen MR) is 121 cm³/mol. The maximum Gasteiger partial charge on any atom is 0.291 e. The summed E-state index contributed by atoms with van der Waals surface area (Å²) in [5.74, 6) is 1.95. The molecule has 0 saturated heterocycles. The first-order valence-electron chi connectivity index (χ1n) is 11.0. The van der Waals surface area contributed by atoms with E-state index in [-0.39, 0.29) is 23.9 Å². The highest BCUT2D eigenvalue weighted by molar-refractivity contribution is 6.02. The largest absolute Gasteiger partial charge is 0.496 e. The topological polar surface area (TPSA) is 69.9 Å². The zero-order valence-electron chi connectivity index (χ0n) is 18.3. The number of benzene rings is 2. The molecule has 1 aliphatic carbocycles. The Morgan fingerprint density at radius 2 is 1.75 bits per heavy atom. The number of hydrogen-bond donors (Lipinski definition) is 1. The Hall–Kier alpha value is -3.25. The molecule has 3 aromatic rings. The van der Waals surface area contributed by atoms with E-state index in [0.717, 1.165) is 41.9 Å². The van der Waals surface area contributed by atoms with Crippen molar-refractivity contribution in [2.75, 3.05) is 19.5 Å². The molecule has 1 fully saturated rings. The molecule has 0 bridgehead atoms. The normalized spacial score (nSPS) is 21.9. The maximum atomic E-state index is 12.5. The van der Waals surface area contributed by atoms with Crippen LogP contribution in [0.25, 0.3) is 0 Å². The third kappa shape index (κ3) is 3.65. The number of amides is 1. The van der Waals surface area contributed by atoms with Gasteiger partial charge in [0.25, 0.3) is 5.91 Å². The Labute approximate surface area is 187 Å². The van der Waals surface area contributed by atoms with E-state index in [1.165, 1.54) is 18.2 Å². The zero-order valence-corrected chi connectivity index (χ0v) is 18.3. The van der Waals surface area contributed by atoms with Gasteiger partial charge in [0.1, 0.15) is 17.6 Å². The number of carbonyl (C=O) groups is 1. The average Bonchev–Trinajstić information content (AvgIpc) is 3.38. The molecule has 1 N–H and O–H groups in total. The zero-order chi connectivity index (χ0) is 22.1. The minimum atomic E-state index is -0.310. The van der Waals surface area contributed by atoms with E-state index in [1.54, 1.807) is 26.4 Å². The number of fused-ring (bicyclic) bond motifs is 3. The first-order chi connectivity index (χ1) is 15.7. The minimum Gasteiger partial charge on any atom is -0.496 e. The lowest BCUT2D eigenvalue weighted by Crippen LogP contribution is -2.34. The molecule has 2 aromatic carbocycles. The van der Waals surface area contributed by atoms with Crippen LogP contribution in [0.1, 0.15) is 65.0 Å². The fraction of sp³-hybridized carbons (Fsp3) is 0.346. The molecule has 32 heavy (non-hydrogen) atoms. The molecule has 1 aromatic heterocycles. The van der Waals surface area contributed by atoms with Gasteiger partial charge in [-0.05, 0) is 54.8 Å². The maximum absolute atomic E-state index is 12.5. The van der Waals surface area contributed by atoms with Crippen LogP contribution in [0.2, 0.25) is 0 Å². The van der Waals surface area contributed by atoms with Crippen LogP contribution in [-0.2, 0) is 4.74 Å². The second-order valence-corrected chi connectivity index (χ2v) is 8.30. The van der Waals surface area contributed by atoms with Crippen LogP contribution in [0.3, 0.4) is 0 Å². The second-order valence-electron chi connectivity index (χ2n) is 8.30. The summed E-state index contributed by atoms with van der Waals surface area (Å²) in [4.78, 5) is 12.5. The van der Waals surface area contributed by atoms with Crippen molar-refractivity contribution in [2.24, 2.45) is 0 Å². The highest BCUT2D eigenvalue weighted by Gasteiger charge is 2.41. The summed E-state index contributed by atoms with van der Waals surface area (Å²) in [6, 6.07) is 15.0. The molecule has 0 radical (unpaired) electrons. The van der Waals surface area contributed by atoms with Crippen molar-refractivity contribution in [3.05, 3.63) is 77.2 Å². The molecule has 3 atom stereocenters. The third-order valence-corrected chi connectivity index (χ3v) is 6.49. The van der Waals surface area contributed by atoms with E-state index in [2.05, 4.69) is 5.32 Å². The second kappa shape index (κ2) is 8.71. The lowest BCUT2D eigenvalue weighted by Gasteiger charge is -2.42. The number of methoxy groups -OCH3 is 2. The molecular formula is C26H27NO5. The van der Waals surface area contributed by atoms with E-state index in [1.807, 2.05) is 36.4 Å². The summed E-state index contributed by atoms with van der Waals surface area (Å²) in [7, 11) is 3.40. The molecule has 2 heterocycles. The van der Waals surface area contributed by atoms with E-state index >= 15 is 0 Å². The molecule has 166 valence electrons. The van der Waals surface area contributed by atoms with E-state index in [9.17, 15) is 4.79 Å². The summed E-state index contributed by atoms with van der Waals surface area (Å²) in [6.45, 7) is 0. The highest BCUT2D eigenvalue weighted by atomic mass is 16.5. The molecule has 2 aliphatic rings. The van der Waals surface area contributed by atoms with Crippen LogP contribution in [0.5, 0.6) is 11.5 Å². The number of ether oxygens (including phenoxy) is 3. The van der Waals surface area contributed by atoms with Crippen LogP contribution in [0.4, 0.5) is 5.69 Å². The van der Waals surface area contributed by atoms with Gasteiger partial charge in [-0.3, -0.25) is 4.79 Å². The fourth-order valence-corrected chi connectivity index (χ4v) is 5.06. The summed E-state index contributed by atoms with van der Waals surface area (Å²) in [5, 5.41) is 2.91. The summed E-state index contributed by atoms with van der Waals surface area (Å²) in [5.41, 5.74) is 3.85. The third-order valence-electron chi connectivity index (χ3n) is 6.49. The van der Waals surface area contributed by atoms with Crippen molar-refractivity contribution in [2.45, 2.75) is 43.8 Å². The summed E-state index contributed by atoms with van der Waals surface area (Å²) in [6.07, 6.45) is 5.75. The predicted octanol–water partition coefficient (Wildman–Crippen LogP) is 5.69. The Morgan fingerprint density at radius 1 is 0.969 bits per heavy atom. The van der Waals surface area contributed by atoms with Crippen LogP contribution >= 0.6 is 0 Å². The average molecular weight is 434 g/mol. The molecule has 6 nitrogen and oxygen atoms in total. The van der Waals surface area contributed by atoms with Gasteiger partial charge >= 0.3 is 0 Å². The summed E-state index contributed by atoms with van der Waals surface area (Å²) >= 11 is 0. The lowest BCUT2D eigenvalue weighted by molar-refractivity contribution is -0.0406. The molecule has 0 spiro atoms. The summed E-state index contributed by atoms with van der Waals surface area (Å²) < 4.78 is 23.5. The first-order valence-corrected chi connectivity index (χ1v) is 11.0. The Balaban J connectivity index is 1.56. The molecule has 1 amide bonds. The van der Waals surface area contributed by atoms with Gasteiger partial charge in [-0.2, -0.15) is 0 Å². The Kier molecular flexibility index (Phi) is 5.62. The molecular weight excluding hydrogens is 406 g/mol. The molecule has 6 heteroatoms. The van der Waals surface area contributed by atoms with Gasteiger partial charge in [0, 0.05) is 22.7 Å². The van der Waals surface area contributed by atoms with Gasteiger partial charge in [-0.25, -0.2) is 0 Å². The first kappa shape index (κ1) is 20.6. The van der Waals surface area contributed by atoms with Crippen LogP contribution in [0, 0.1) is 0 Å². The van der Waals surface area contributed by atoms with Crippen LogP contribution < -0.4 is 14.8 Å². The Bertz CT molecular complexity index is 1110. The number of anilines is 1. The lowest BCUT2D eigenvalue weighted by atomic mass is 9.75. The van der Waals surface area contributed by atoms with Crippen molar-refractivity contribution in [1.29, 1.82) is 0 Å². The van der Waals surface area contributed by atoms with E-state index in [0.29, 0.717) is 11.6 Å². The van der Waals surface area contributed by atoms with Gasteiger partial charge in [-0.1, -0.05) is 25.0 Å². The van der Waals surface area contributed by atoms with Crippen LogP contribution in [-0.4, -0.2) is 26.2 Å². The molecule has 1 saturated carbocycles. The number of hydrogen-bond acceptors (Lipinski definition) is 5. The fourth-order valence-electron chi connectivity index (χ4n) is 5.06. The van der Waals surface area contributed by atoms with Crippen molar-refractivity contribution >= 4 is 11.6 Å². The number of nitrogens with one attached hydrogen (secondary N) is 1. The van der Waals surface area contributed by atoms with Crippen molar-refractivity contribution in [1.82, 2.24) is 0 Å². The van der Waals surface area contributed by atoms with Gasteiger partial charge in [0.05, 0.1) is 26.6 Å². The quantitative estimate of drug-likeness (QED) is 0.559. The molecule has 0 unspecified atom stereocenters. The van der Waals surface area contributed by atoms with Crippen molar-refractivity contribution in [3.63, 3.8) is 0 Å².